The van der Waals surface area contributed by atoms with E-state index >= 15 is 0 Å². The molecule has 1 aromatic rings. The first kappa shape index (κ1) is 13.7. The van der Waals surface area contributed by atoms with Crippen molar-refractivity contribution in [2.24, 2.45) is 17.6 Å². The number of hydrogen-bond donors (Lipinski definition) is 1. The maximum Gasteiger partial charge on any atom is 0.126 e. The molecule has 0 saturated heterocycles. The van der Waals surface area contributed by atoms with Crippen molar-refractivity contribution in [3.05, 3.63) is 34.1 Å². The summed E-state index contributed by atoms with van der Waals surface area (Å²) < 4.78 is 14.5. The van der Waals surface area contributed by atoms with E-state index in [1.165, 1.54) is 6.07 Å². The van der Waals surface area contributed by atoms with Crippen molar-refractivity contribution in [1.29, 1.82) is 0 Å². The molecule has 1 rings (SSSR count). The molecule has 0 saturated carbocycles. The largest absolute Gasteiger partial charge is 0.330 e. The van der Waals surface area contributed by atoms with Gasteiger partial charge >= 0.3 is 0 Å². The lowest BCUT2D eigenvalue weighted by atomic mass is 9.91. The molecular formula is C13H19BrFN. The summed E-state index contributed by atoms with van der Waals surface area (Å²) in [7, 11) is 0. The van der Waals surface area contributed by atoms with Gasteiger partial charge in [-0.25, -0.2) is 4.39 Å². The van der Waals surface area contributed by atoms with Crippen molar-refractivity contribution >= 4 is 15.9 Å². The van der Waals surface area contributed by atoms with Crippen LogP contribution in [0.15, 0.2) is 22.7 Å². The predicted molar refractivity (Wildman–Crippen MR) is 69.8 cm³/mol. The lowest BCUT2D eigenvalue weighted by molar-refractivity contribution is 0.409. The van der Waals surface area contributed by atoms with E-state index in [1.54, 1.807) is 6.07 Å². The molecule has 3 heteroatoms. The first-order valence-corrected chi connectivity index (χ1v) is 6.46. The van der Waals surface area contributed by atoms with Gasteiger partial charge in [-0.2, -0.15) is 0 Å². The Kier molecular flexibility index (Phi) is 5.42. The Labute approximate surface area is 105 Å². The second kappa shape index (κ2) is 6.36. The van der Waals surface area contributed by atoms with Gasteiger partial charge in [-0.05, 0) is 55.0 Å². The van der Waals surface area contributed by atoms with Gasteiger partial charge in [-0.3, -0.25) is 0 Å². The molecule has 0 fully saturated rings. The van der Waals surface area contributed by atoms with E-state index in [0.29, 0.717) is 18.4 Å². The molecule has 0 radical (unpaired) electrons. The van der Waals surface area contributed by atoms with Crippen LogP contribution in [-0.4, -0.2) is 6.54 Å². The van der Waals surface area contributed by atoms with Crippen molar-refractivity contribution in [2.75, 3.05) is 6.54 Å². The van der Waals surface area contributed by atoms with Crippen molar-refractivity contribution < 1.29 is 4.39 Å². The Hall–Kier alpha value is -0.410. The minimum Gasteiger partial charge on any atom is -0.330 e. The van der Waals surface area contributed by atoms with Gasteiger partial charge in [0.15, 0.2) is 0 Å². The van der Waals surface area contributed by atoms with E-state index in [0.717, 1.165) is 22.9 Å². The van der Waals surface area contributed by atoms with Crippen molar-refractivity contribution in [3.8, 4) is 0 Å². The summed E-state index contributed by atoms with van der Waals surface area (Å²) in [5.41, 5.74) is 6.48. The molecule has 16 heavy (non-hydrogen) atoms. The normalized spacial score (nSPS) is 13.1. The van der Waals surface area contributed by atoms with Crippen LogP contribution in [0.4, 0.5) is 4.39 Å². The highest BCUT2D eigenvalue weighted by atomic mass is 79.9. The van der Waals surface area contributed by atoms with Crippen LogP contribution in [-0.2, 0) is 6.42 Å². The zero-order valence-electron chi connectivity index (χ0n) is 9.84. The Morgan fingerprint density at radius 3 is 2.62 bits per heavy atom. The van der Waals surface area contributed by atoms with Crippen LogP contribution in [0.5, 0.6) is 0 Å². The smallest absolute Gasteiger partial charge is 0.126 e. The van der Waals surface area contributed by atoms with E-state index in [4.69, 9.17) is 5.73 Å². The van der Waals surface area contributed by atoms with Gasteiger partial charge in [-0.15, -0.1) is 0 Å². The molecule has 90 valence electrons. The van der Waals surface area contributed by atoms with Crippen LogP contribution in [0.3, 0.4) is 0 Å². The van der Waals surface area contributed by atoms with Crippen molar-refractivity contribution in [1.82, 2.24) is 0 Å². The third-order valence-electron chi connectivity index (χ3n) is 2.65. The molecule has 1 aromatic carbocycles. The molecule has 1 nitrogen and oxygen atoms in total. The van der Waals surface area contributed by atoms with E-state index in [-0.39, 0.29) is 5.82 Å². The topological polar surface area (TPSA) is 26.0 Å². The number of nitrogens with two attached hydrogens (primary N) is 1. The molecule has 0 aliphatic heterocycles. The Balaban J connectivity index is 2.73. The molecule has 0 bridgehead atoms. The third-order valence-corrected chi connectivity index (χ3v) is 3.15. The fourth-order valence-corrected chi connectivity index (χ4v) is 2.35. The molecule has 0 heterocycles. The van der Waals surface area contributed by atoms with Gasteiger partial charge in [0.1, 0.15) is 5.82 Å². The van der Waals surface area contributed by atoms with Crippen molar-refractivity contribution in [2.45, 2.75) is 26.7 Å². The number of hydrogen-bond acceptors (Lipinski definition) is 1. The summed E-state index contributed by atoms with van der Waals surface area (Å²) in [5, 5.41) is 0. The molecule has 0 aliphatic rings. The van der Waals surface area contributed by atoms with Crippen LogP contribution in [0.25, 0.3) is 0 Å². The molecule has 2 N–H and O–H groups in total. The molecule has 0 aromatic heterocycles. The van der Waals surface area contributed by atoms with Gasteiger partial charge in [-0.1, -0.05) is 29.8 Å². The molecule has 0 amide bonds. The third kappa shape index (κ3) is 4.22. The Bertz CT molecular complexity index is 339. The molecule has 1 unspecified atom stereocenters. The summed E-state index contributed by atoms with van der Waals surface area (Å²) >= 11 is 3.36. The first-order valence-electron chi connectivity index (χ1n) is 5.67. The lowest BCUT2D eigenvalue weighted by Gasteiger charge is -2.17. The van der Waals surface area contributed by atoms with Gasteiger partial charge in [0.05, 0.1) is 0 Å². The fraction of sp³-hybridized carbons (Fsp3) is 0.538. The highest BCUT2D eigenvalue weighted by molar-refractivity contribution is 9.10. The average molecular weight is 288 g/mol. The minimum atomic E-state index is -0.134. The molecule has 1 atom stereocenters. The van der Waals surface area contributed by atoms with Crippen LogP contribution >= 0.6 is 15.9 Å². The van der Waals surface area contributed by atoms with Crippen LogP contribution in [0.2, 0.25) is 0 Å². The predicted octanol–water partition coefficient (Wildman–Crippen LogP) is 3.75. The SMILES string of the molecule is CC(C)CC(CN)Cc1cc(Br)ccc1F. The highest BCUT2D eigenvalue weighted by Gasteiger charge is 2.13. The van der Waals surface area contributed by atoms with E-state index < -0.39 is 0 Å². The second-order valence-corrected chi connectivity index (χ2v) is 5.59. The summed E-state index contributed by atoms with van der Waals surface area (Å²) in [6.45, 7) is 4.95. The highest BCUT2D eigenvalue weighted by Crippen LogP contribution is 2.21. The monoisotopic (exact) mass is 287 g/mol. The summed E-state index contributed by atoms with van der Waals surface area (Å²) in [5.74, 6) is 0.831. The second-order valence-electron chi connectivity index (χ2n) is 4.67. The van der Waals surface area contributed by atoms with Crippen LogP contribution < -0.4 is 5.73 Å². The van der Waals surface area contributed by atoms with Gasteiger partial charge in [0.25, 0.3) is 0 Å². The maximum atomic E-state index is 13.5. The fourth-order valence-electron chi connectivity index (χ4n) is 1.94. The number of halogens is 2. The Morgan fingerprint density at radius 2 is 2.06 bits per heavy atom. The molecule has 0 spiro atoms. The van der Waals surface area contributed by atoms with Gasteiger partial charge in [0, 0.05) is 4.47 Å². The van der Waals surface area contributed by atoms with E-state index in [1.807, 2.05) is 6.07 Å². The summed E-state index contributed by atoms with van der Waals surface area (Å²) in [6.07, 6.45) is 1.77. The molecular weight excluding hydrogens is 269 g/mol. The standard InChI is InChI=1S/C13H19BrFN/c1-9(2)5-10(8-16)6-11-7-12(14)3-4-13(11)15/h3-4,7,9-10H,5-6,8,16H2,1-2H3. The van der Waals surface area contributed by atoms with Crippen molar-refractivity contribution in [3.63, 3.8) is 0 Å². The zero-order valence-corrected chi connectivity index (χ0v) is 11.4. The van der Waals surface area contributed by atoms with Gasteiger partial charge in [0.2, 0.25) is 0 Å². The van der Waals surface area contributed by atoms with Gasteiger partial charge < -0.3 is 5.73 Å². The Morgan fingerprint density at radius 1 is 1.38 bits per heavy atom. The maximum absolute atomic E-state index is 13.5. The summed E-state index contributed by atoms with van der Waals surface area (Å²) in [4.78, 5) is 0. The number of benzene rings is 1. The van der Waals surface area contributed by atoms with E-state index in [9.17, 15) is 4.39 Å². The van der Waals surface area contributed by atoms with Crippen LogP contribution in [0, 0.1) is 17.7 Å². The zero-order chi connectivity index (χ0) is 12.1. The lowest BCUT2D eigenvalue weighted by Crippen LogP contribution is -2.19. The summed E-state index contributed by atoms with van der Waals surface area (Å²) in [6, 6.07) is 5.07. The average Bonchev–Trinajstić information content (AvgIpc) is 2.21. The first-order chi connectivity index (χ1) is 7.52. The number of rotatable bonds is 5. The van der Waals surface area contributed by atoms with E-state index in [2.05, 4.69) is 29.8 Å². The minimum absolute atomic E-state index is 0.134. The quantitative estimate of drug-likeness (QED) is 0.877. The molecule has 0 aliphatic carbocycles. The van der Waals surface area contributed by atoms with Crippen LogP contribution in [0.1, 0.15) is 25.8 Å².